The van der Waals surface area contributed by atoms with Gasteiger partial charge in [-0.05, 0) is 56.0 Å². The lowest BCUT2D eigenvalue weighted by atomic mass is 10.2. The van der Waals surface area contributed by atoms with Gasteiger partial charge in [0.2, 0.25) is 0 Å². The molecule has 84 valence electrons. The summed E-state index contributed by atoms with van der Waals surface area (Å²) in [5, 5.41) is 3.42. The highest BCUT2D eigenvalue weighted by Gasteiger charge is 2.03. The summed E-state index contributed by atoms with van der Waals surface area (Å²) < 4.78 is 1.01. The number of halogens is 1. The molecule has 1 N–H and O–H groups in total. The van der Waals surface area contributed by atoms with Gasteiger partial charge in [0.05, 0.1) is 11.9 Å². The lowest BCUT2D eigenvalue weighted by Gasteiger charge is -2.17. The molecule has 0 bridgehead atoms. The summed E-state index contributed by atoms with van der Waals surface area (Å²) in [5.41, 5.74) is 1.07. The first-order valence-corrected chi connectivity index (χ1v) is 5.89. The molecule has 0 saturated heterocycles. The predicted molar refractivity (Wildman–Crippen MR) is 68.2 cm³/mol. The van der Waals surface area contributed by atoms with Crippen molar-refractivity contribution in [2.75, 3.05) is 26.0 Å². The molecular weight excluding hydrogens is 254 g/mol. The van der Waals surface area contributed by atoms with Crippen molar-refractivity contribution in [3.8, 4) is 0 Å². The van der Waals surface area contributed by atoms with Gasteiger partial charge < -0.3 is 10.2 Å². The molecule has 0 radical (unpaired) electrons. The quantitative estimate of drug-likeness (QED) is 0.893. The lowest BCUT2D eigenvalue weighted by molar-refractivity contribution is 0.390. The zero-order chi connectivity index (χ0) is 11.3. The Hall–Kier alpha value is -0.610. The normalized spacial score (nSPS) is 12.9. The molecule has 15 heavy (non-hydrogen) atoms. The molecule has 1 rings (SSSR count). The maximum atomic E-state index is 4.11. The molecule has 0 aliphatic carbocycles. The van der Waals surface area contributed by atoms with Crippen molar-refractivity contribution in [2.45, 2.75) is 19.4 Å². The van der Waals surface area contributed by atoms with Crippen LogP contribution in [-0.2, 0) is 0 Å². The third-order valence-electron chi connectivity index (χ3n) is 2.13. The molecule has 1 atom stereocenters. The fourth-order valence-corrected chi connectivity index (χ4v) is 1.66. The van der Waals surface area contributed by atoms with Crippen LogP contribution in [0, 0.1) is 0 Å². The van der Waals surface area contributed by atoms with E-state index in [-0.39, 0.29) is 0 Å². The molecule has 4 heteroatoms. The maximum Gasteiger partial charge on any atom is 0.0540 e. The van der Waals surface area contributed by atoms with Crippen molar-refractivity contribution in [1.82, 2.24) is 9.88 Å². The molecule has 0 saturated carbocycles. The minimum Gasteiger partial charge on any atom is -0.381 e. The van der Waals surface area contributed by atoms with Gasteiger partial charge in [0.1, 0.15) is 0 Å². The molecule has 0 amide bonds. The monoisotopic (exact) mass is 271 g/mol. The molecule has 0 aliphatic heterocycles. The number of rotatable bonds is 5. The summed E-state index contributed by atoms with van der Waals surface area (Å²) in [7, 11) is 4.18. The van der Waals surface area contributed by atoms with Crippen LogP contribution in [0.1, 0.15) is 13.3 Å². The Bertz CT molecular complexity index is 302. The summed E-state index contributed by atoms with van der Waals surface area (Å²) in [6.45, 7) is 3.28. The van der Waals surface area contributed by atoms with E-state index in [2.05, 4.69) is 52.1 Å². The molecule has 0 spiro atoms. The van der Waals surface area contributed by atoms with E-state index in [9.17, 15) is 0 Å². The highest BCUT2D eigenvalue weighted by molar-refractivity contribution is 9.10. The second-order valence-corrected chi connectivity index (χ2v) is 4.94. The van der Waals surface area contributed by atoms with E-state index in [1.807, 2.05) is 12.3 Å². The molecule has 0 fully saturated rings. The van der Waals surface area contributed by atoms with Gasteiger partial charge in [0.25, 0.3) is 0 Å². The molecule has 1 heterocycles. The first-order valence-electron chi connectivity index (χ1n) is 5.10. The lowest BCUT2D eigenvalue weighted by Crippen LogP contribution is -2.23. The third kappa shape index (κ3) is 5.14. The third-order valence-corrected chi connectivity index (χ3v) is 2.56. The number of nitrogens with zero attached hydrogens (tertiary/aromatic N) is 2. The van der Waals surface area contributed by atoms with E-state index < -0.39 is 0 Å². The summed E-state index contributed by atoms with van der Waals surface area (Å²) in [5.74, 6) is 0. The van der Waals surface area contributed by atoms with Gasteiger partial charge in [-0.15, -0.1) is 0 Å². The van der Waals surface area contributed by atoms with Gasteiger partial charge in [-0.1, -0.05) is 0 Å². The standard InChI is InChI=1S/C11H18BrN3/c1-9(4-5-15(2)3)14-11-6-10(12)7-13-8-11/h6-9,14H,4-5H2,1-3H3. The fraction of sp³-hybridized carbons (Fsp3) is 0.545. The fourth-order valence-electron chi connectivity index (χ4n) is 1.30. The Morgan fingerprint density at radius 2 is 2.20 bits per heavy atom. The molecular formula is C11H18BrN3. The van der Waals surface area contributed by atoms with Gasteiger partial charge in [-0.25, -0.2) is 0 Å². The van der Waals surface area contributed by atoms with E-state index in [0.29, 0.717) is 6.04 Å². The number of anilines is 1. The summed E-state index contributed by atoms with van der Waals surface area (Å²) in [6.07, 6.45) is 4.76. The average molecular weight is 272 g/mol. The van der Waals surface area contributed by atoms with Crippen LogP contribution in [0.15, 0.2) is 22.9 Å². The van der Waals surface area contributed by atoms with E-state index in [4.69, 9.17) is 0 Å². The Morgan fingerprint density at radius 1 is 1.47 bits per heavy atom. The van der Waals surface area contributed by atoms with Crippen molar-refractivity contribution in [2.24, 2.45) is 0 Å². The average Bonchev–Trinajstić information content (AvgIpc) is 2.15. The summed E-state index contributed by atoms with van der Waals surface area (Å²) in [6, 6.07) is 2.50. The number of hydrogen-bond donors (Lipinski definition) is 1. The molecule has 1 aromatic heterocycles. The van der Waals surface area contributed by atoms with Crippen molar-refractivity contribution >= 4 is 21.6 Å². The zero-order valence-corrected chi connectivity index (χ0v) is 11.1. The number of hydrogen-bond acceptors (Lipinski definition) is 3. The number of pyridine rings is 1. The summed E-state index contributed by atoms with van der Waals surface area (Å²) >= 11 is 3.40. The van der Waals surface area contributed by atoms with Crippen LogP contribution in [0.5, 0.6) is 0 Å². The first-order chi connectivity index (χ1) is 7.08. The van der Waals surface area contributed by atoms with Crippen LogP contribution in [0.2, 0.25) is 0 Å². The minimum absolute atomic E-state index is 0.462. The largest absolute Gasteiger partial charge is 0.381 e. The van der Waals surface area contributed by atoms with Crippen LogP contribution in [0.25, 0.3) is 0 Å². The predicted octanol–water partition coefficient (Wildman–Crippen LogP) is 2.60. The molecule has 1 unspecified atom stereocenters. The summed E-state index contributed by atoms with van der Waals surface area (Å²) in [4.78, 5) is 6.30. The van der Waals surface area contributed by atoms with E-state index in [0.717, 1.165) is 23.1 Å². The van der Waals surface area contributed by atoms with E-state index in [1.54, 1.807) is 6.20 Å². The van der Waals surface area contributed by atoms with Gasteiger partial charge in [-0.2, -0.15) is 0 Å². The Balaban J connectivity index is 2.40. The topological polar surface area (TPSA) is 28.2 Å². The van der Waals surface area contributed by atoms with Crippen molar-refractivity contribution in [3.05, 3.63) is 22.9 Å². The van der Waals surface area contributed by atoms with Crippen LogP contribution < -0.4 is 5.32 Å². The van der Waals surface area contributed by atoms with Gasteiger partial charge in [-0.3, -0.25) is 4.98 Å². The zero-order valence-electron chi connectivity index (χ0n) is 9.50. The second kappa shape index (κ2) is 6.08. The second-order valence-electron chi connectivity index (χ2n) is 4.03. The first kappa shape index (κ1) is 12.5. The molecule has 0 aliphatic rings. The molecule has 0 aromatic carbocycles. The minimum atomic E-state index is 0.462. The van der Waals surface area contributed by atoms with Crippen molar-refractivity contribution in [3.63, 3.8) is 0 Å². The SMILES string of the molecule is CC(CCN(C)C)Nc1cncc(Br)c1. The molecule has 1 aromatic rings. The van der Waals surface area contributed by atoms with Crippen LogP contribution in [-0.4, -0.2) is 36.6 Å². The highest BCUT2D eigenvalue weighted by atomic mass is 79.9. The van der Waals surface area contributed by atoms with Gasteiger partial charge in [0.15, 0.2) is 0 Å². The van der Waals surface area contributed by atoms with Gasteiger partial charge >= 0.3 is 0 Å². The van der Waals surface area contributed by atoms with Crippen molar-refractivity contribution < 1.29 is 0 Å². The number of nitrogens with one attached hydrogen (secondary N) is 1. The van der Waals surface area contributed by atoms with Crippen LogP contribution in [0.4, 0.5) is 5.69 Å². The van der Waals surface area contributed by atoms with Crippen molar-refractivity contribution in [1.29, 1.82) is 0 Å². The maximum absolute atomic E-state index is 4.11. The molecule has 3 nitrogen and oxygen atoms in total. The highest BCUT2D eigenvalue weighted by Crippen LogP contribution is 2.15. The van der Waals surface area contributed by atoms with E-state index in [1.165, 1.54) is 0 Å². The Labute approximate surface area is 100 Å². The Kier molecular flexibility index (Phi) is 5.05. The smallest absolute Gasteiger partial charge is 0.0540 e. The Morgan fingerprint density at radius 3 is 2.80 bits per heavy atom. The van der Waals surface area contributed by atoms with Gasteiger partial charge in [0, 0.05) is 16.7 Å². The van der Waals surface area contributed by atoms with E-state index >= 15 is 0 Å². The number of aromatic nitrogens is 1. The van der Waals surface area contributed by atoms with Crippen LogP contribution >= 0.6 is 15.9 Å². The van der Waals surface area contributed by atoms with Crippen LogP contribution in [0.3, 0.4) is 0 Å².